The van der Waals surface area contributed by atoms with Crippen molar-refractivity contribution in [2.24, 2.45) is 0 Å². The molecule has 0 aromatic heterocycles. The third-order valence-electron chi connectivity index (χ3n) is 6.41. The summed E-state index contributed by atoms with van der Waals surface area (Å²) >= 11 is 0. The van der Waals surface area contributed by atoms with Crippen LogP contribution in [0.2, 0.25) is 0 Å². The predicted octanol–water partition coefficient (Wildman–Crippen LogP) is 5.62. The first kappa shape index (κ1) is 21.4. The van der Waals surface area contributed by atoms with Gasteiger partial charge in [-0.25, -0.2) is 0 Å². The van der Waals surface area contributed by atoms with Crippen LogP contribution >= 0.6 is 0 Å². The molecule has 5 rings (SSSR count). The van der Waals surface area contributed by atoms with E-state index in [-0.39, 0.29) is 0 Å². The molecule has 0 radical (unpaired) electrons. The van der Waals surface area contributed by atoms with Gasteiger partial charge in [0.05, 0.1) is 14.2 Å². The largest absolute Gasteiger partial charge is 0.493 e. The molecule has 0 spiro atoms. The number of rotatable bonds is 7. The van der Waals surface area contributed by atoms with E-state index in [1.54, 1.807) is 14.2 Å². The molecule has 170 valence electrons. The van der Waals surface area contributed by atoms with Gasteiger partial charge in [-0.15, -0.1) is 0 Å². The maximum atomic E-state index is 6.10. The Labute approximate surface area is 195 Å². The lowest BCUT2D eigenvalue weighted by atomic mass is 10.1. The molecule has 1 aliphatic carbocycles. The molecular formula is C28H30N2O3. The molecule has 5 nitrogen and oxygen atoms in total. The van der Waals surface area contributed by atoms with Crippen LogP contribution in [0.3, 0.4) is 0 Å². The third-order valence-corrected chi connectivity index (χ3v) is 6.41. The number of methoxy groups -OCH3 is 2. The van der Waals surface area contributed by atoms with Crippen molar-refractivity contribution in [2.75, 3.05) is 19.5 Å². The van der Waals surface area contributed by atoms with E-state index in [0.717, 1.165) is 60.9 Å². The van der Waals surface area contributed by atoms with Gasteiger partial charge in [0.25, 0.3) is 0 Å². The average Bonchev–Trinajstić information content (AvgIpc) is 3.10. The van der Waals surface area contributed by atoms with Crippen molar-refractivity contribution in [1.29, 1.82) is 0 Å². The molecular weight excluding hydrogens is 412 g/mol. The van der Waals surface area contributed by atoms with Crippen LogP contribution in [0.1, 0.15) is 28.7 Å². The molecule has 0 bridgehead atoms. The molecule has 1 heterocycles. The number of fused-ring (bicyclic) bond motifs is 2. The molecule has 0 saturated heterocycles. The van der Waals surface area contributed by atoms with Crippen molar-refractivity contribution in [3.05, 3.63) is 89.1 Å². The summed E-state index contributed by atoms with van der Waals surface area (Å²) in [6.45, 7) is 0.822. The van der Waals surface area contributed by atoms with Gasteiger partial charge in [-0.05, 0) is 84.5 Å². The first-order valence-corrected chi connectivity index (χ1v) is 11.5. The van der Waals surface area contributed by atoms with Gasteiger partial charge in [-0.1, -0.05) is 24.3 Å². The lowest BCUT2D eigenvalue weighted by molar-refractivity contribution is 0.354. The van der Waals surface area contributed by atoms with Crippen molar-refractivity contribution in [1.82, 2.24) is 5.32 Å². The van der Waals surface area contributed by atoms with Gasteiger partial charge in [-0.3, -0.25) is 0 Å². The Bertz CT molecular complexity index is 1120. The van der Waals surface area contributed by atoms with Crippen LogP contribution in [0.4, 0.5) is 5.69 Å². The van der Waals surface area contributed by atoms with E-state index < -0.39 is 0 Å². The van der Waals surface area contributed by atoms with Gasteiger partial charge in [-0.2, -0.15) is 0 Å². The van der Waals surface area contributed by atoms with Crippen molar-refractivity contribution in [3.8, 4) is 23.0 Å². The first-order chi connectivity index (χ1) is 16.2. The highest BCUT2D eigenvalue weighted by Crippen LogP contribution is 2.35. The molecule has 3 aromatic rings. The maximum Gasteiger partial charge on any atom is 0.161 e. The Kier molecular flexibility index (Phi) is 6.22. The van der Waals surface area contributed by atoms with Crippen molar-refractivity contribution >= 4 is 5.69 Å². The average molecular weight is 443 g/mol. The van der Waals surface area contributed by atoms with Gasteiger partial charge >= 0.3 is 0 Å². The van der Waals surface area contributed by atoms with E-state index in [1.807, 2.05) is 24.4 Å². The van der Waals surface area contributed by atoms with E-state index in [1.165, 1.54) is 22.3 Å². The van der Waals surface area contributed by atoms with Gasteiger partial charge in [0, 0.05) is 24.3 Å². The minimum atomic E-state index is 0.411. The summed E-state index contributed by atoms with van der Waals surface area (Å²) in [4.78, 5) is 0. The standard InChI is InChI=1S/C28H30N2O3/c1-31-27-15-21-13-23(14-22(21)16-28(27)32-2)30-18-19-6-9-24(10-7-19)33-25-11-8-20-5-3-4-12-29-26(20)17-25/h4,6-12,15-17,23,29-30H,3,5,13-14,18H2,1-2H3. The molecule has 0 amide bonds. The number of nitrogens with one attached hydrogen (secondary N) is 2. The molecule has 0 fully saturated rings. The zero-order valence-corrected chi connectivity index (χ0v) is 19.2. The monoisotopic (exact) mass is 442 g/mol. The zero-order valence-electron chi connectivity index (χ0n) is 19.2. The Hall–Kier alpha value is -3.44. The normalized spacial score (nSPS) is 14.7. The Morgan fingerprint density at radius 3 is 2.24 bits per heavy atom. The summed E-state index contributed by atoms with van der Waals surface area (Å²) in [5.74, 6) is 3.29. The molecule has 0 atom stereocenters. The second-order valence-electron chi connectivity index (χ2n) is 8.61. The summed E-state index contributed by atoms with van der Waals surface area (Å²) in [5, 5.41) is 7.03. The molecule has 33 heavy (non-hydrogen) atoms. The number of anilines is 1. The van der Waals surface area contributed by atoms with E-state index in [9.17, 15) is 0 Å². The van der Waals surface area contributed by atoms with Crippen LogP contribution in [0.15, 0.2) is 66.9 Å². The quantitative estimate of drug-likeness (QED) is 0.497. The second kappa shape index (κ2) is 9.59. The summed E-state index contributed by atoms with van der Waals surface area (Å²) in [5.41, 5.74) is 6.34. The van der Waals surface area contributed by atoms with Gasteiger partial charge in [0.2, 0.25) is 0 Å². The number of ether oxygens (including phenoxy) is 3. The van der Waals surface area contributed by atoms with Crippen molar-refractivity contribution < 1.29 is 14.2 Å². The second-order valence-corrected chi connectivity index (χ2v) is 8.61. The summed E-state index contributed by atoms with van der Waals surface area (Å²) in [6, 6.07) is 19.2. The van der Waals surface area contributed by atoms with Crippen molar-refractivity contribution in [3.63, 3.8) is 0 Å². The molecule has 1 aliphatic heterocycles. The number of hydrogen-bond acceptors (Lipinski definition) is 5. The number of allylic oxidation sites excluding steroid dienone is 1. The predicted molar refractivity (Wildman–Crippen MR) is 132 cm³/mol. The SMILES string of the molecule is COc1cc2c(cc1OC)CC(NCc1ccc(Oc3ccc4c(c3)NC=CCC4)cc1)C2. The van der Waals surface area contributed by atoms with Crippen LogP contribution < -0.4 is 24.8 Å². The van der Waals surface area contributed by atoms with Crippen LogP contribution in [-0.2, 0) is 25.8 Å². The third kappa shape index (κ3) is 4.83. The summed E-state index contributed by atoms with van der Waals surface area (Å²) < 4.78 is 17.0. The van der Waals surface area contributed by atoms with Crippen molar-refractivity contribution in [2.45, 2.75) is 38.3 Å². The lowest BCUT2D eigenvalue weighted by Gasteiger charge is -2.13. The Morgan fingerprint density at radius 1 is 0.848 bits per heavy atom. The summed E-state index contributed by atoms with van der Waals surface area (Å²) in [6.07, 6.45) is 8.27. The molecule has 2 aliphatic rings. The fourth-order valence-electron chi connectivity index (χ4n) is 4.61. The highest BCUT2D eigenvalue weighted by molar-refractivity contribution is 5.58. The van der Waals surface area contributed by atoms with Crippen LogP contribution in [0, 0.1) is 0 Å². The fourth-order valence-corrected chi connectivity index (χ4v) is 4.61. The molecule has 2 N–H and O–H groups in total. The first-order valence-electron chi connectivity index (χ1n) is 11.5. The smallest absolute Gasteiger partial charge is 0.161 e. The van der Waals surface area contributed by atoms with Crippen LogP contribution in [0.25, 0.3) is 0 Å². The molecule has 0 saturated carbocycles. The van der Waals surface area contributed by atoms with Crippen LogP contribution in [0.5, 0.6) is 23.0 Å². The maximum absolute atomic E-state index is 6.10. The fraction of sp³-hybridized carbons (Fsp3) is 0.286. The number of benzene rings is 3. The molecule has 3 aromatic carbocycles. The van der Waals surface area contributed by atoms with E-state index in [0.29, 0.717) is 6.04 Å². The minimum Gasteiger partial charge on any atom is -0.493 e. The van der Waals surface area contributed by atoms with Gasteiger partial charge < -0.3 is 24.8 Å². The van der Waals surface area contributed by atoms with E-state index in [2.05, 4.69) is 53.1 Å². The number of hydrogen-bond donors (Lipinski definition) is 2. The lowest BCUT2D eigenvalue weighted by Crippen LogP contribution is -2.28. The summed E-state index contributed by atoms with van der Waals surface area (Å²) in [7, 11) is 3.37. The van der Waals surface area contributed by atoms with Crippen LogP contribution in [-0.4, -0.2) is 20.3 Å². The molecule has 0 unspecified atom stereocenters. The number of aryl methyl sites for hydroxylation is 1. The zero-order chi connectivity index (χ0) is 22.6. The highest BCUT2D eigenvalue weighted by Gasteiger charge is 2.23. The molecule has 5 heteroatoms. The Balaban J connectivity index is 1.17. The highest BCUT2D eigenvalue weighted by atomic mass is 16.5. The topological polar surface area (TPSA) is 51.8 Å². The van der Waals surface area contributed by atoms with E-state index in [4.69, 9.17) is 14.2 Å². The minimum absolute atomic E-state index is 0.411. The Morgan fingerprint density at radius 2 is 1.55 bits per heavy atom. The van der Waals surface area contributed by atoms with Gasteiger partial charge in [0.15, 0.2) is 11.5 Å². The van der Waals surface area contributed by atoms with E-state index >= 15 is 0 Å². The van der Waals surface area contributed by atoms with Gasteiger partial charge in [0.1, 0.15) is 11.5 Å².